The van der Waals surface area contributed by atoms with Crippen molar-refractivity contribution in [1.29, 1.82) is 0 Å². The number of amides is 1. The number of carbonyl (C=O) groups is 1. The zero-order valence-corrected chi connectivity index (χ0v) is 12.5. The highest BCUT2D eigenvalue weighted by Gasteiger charge is 2.23. The molecule has 2 N–H and O–H groups in total. The van der Waals surface area contributed by atoms with Crippen molar-refractivity contribution >= 4 is 23.2 Å². The van der Waals surface area contributed by atoms with Gasteiger partial charge in [-0.05, 0) is 31.9 Å². The first-order chi connectivity index (χ1) is 9.58. The second-order valence-electron chi connectivity index (χ2n) is 5.19. The molecule has 20 heavy (non-hydrogen) atoms. The Morgan fingerprint density at radius 1 is 1.30 bits per heavy atom. The molecule has 5 heteroatoms. The van der Waals surface area contributed by atoms with Crippen LogP contribution in [-0.2, 0) is 4.79 Å². The zero-order chi connectivity index (χ0) is 14.5. The van der Waals surface area contributed by atoms with Gasteiger partial charge < -0.3 is 15.4 Å². The number of nitrogens with two attached hydrogens (primary N) is 1. The Balaban J connectivity index is 2.01. The van der Waals surface area contributed by atoms with Gasteiger partial charge in [-0.25, -0.2) is 0 Å². The molecule has 1 amide bonds. The van der Waals surface area contributed by atoms with Crippen LogP contribution in [0.3, 0.4) is 0 Å². The Labute approximate surface area is 124 Å². The van der Waals surface area contributed by atoms with E-state index in [1.54, 1.807) is 25.1 Å². The molecule has 4 nitrogen and oxygen atoms in total. The van der Waals surface area contributed by atoms with E-state index in [0.717, 1.165) is 25.9 Å². The molecule has 0 aliphatic carbocycles. The van der Waals surface area contributed by atoms with Crippen LogP contribution < -0.4 is 10.5 Å². The fourth-order valence-corrected chi connectivity index (χ4v) is 2.56. The first-order valence-corrected chi connectivity index (χ1v) is 7.46. The van der Waals surface area contributed by atoms with Crippen molar-refractivity contribution in [3.8, 4) is 5.75 Å². The molecule has 1 atom stereocenters. The topological polar surface area (TPSA) is 55.6 Å². The summed E-state index contributed by atoms with van der Waals surface area (Å²) in [6, 6.07) is 5.03. The fraction of sp³-hybridized carbons (Fsp3) is 0.533. The van der Waals surface area contributed by atoms with Crippen molar-refractivity contribution in [3.63, 3.8) is 0 Å². The number of nitrogens with zero attached hydrogens (tertiary/aromatic N) is 1. The van der Waals surface area contributed by atoms with Crippen molar-refractivity contribution in [1.82, 2.24) is 4.90 Å². The lowest BCUT2D eigenvalue weighted by Crippen LogP contribution is -2.41. The van der Waals surface area contributed by atoms with Gasteiger partial charge in [0.2, 0.25) is 0 Å². The average Bonchev–Trinajstić information content (AvgIpc) is 2.71. The Bertz CT molecular complexity index is 471. The Hall–Kier alpha value is -1.42. The second kappa shape index (κ2) is 6.84. The van der Waals surface area contributed by atoms with Gasteiger partial charge in [0.05, 0.1) is 5.02 Å². The number of halogens is 1. The predicted octanol–water partition coefficient (Wildman–Crippen LogP) is 3.09. The van der Waals surface area contributed by atoms with E-state index in [0.29, 0.717) is 16.5 Å². The molecule has 1 fully saturated rings. The van der Waals surface area contributed by atoms with E-state index in [1.165, 1.54) is 12.8 Å². The minimum absolute atomic E-state index is 0.0189. The summed E-state index contributed by atoms with van der Waals surface area (Å²) in [5, 5.41) is 0.467. The lowest BCUT2D eigenvalue weighted by molar-refractivity contribution is -0.137. The van der Waals surface area contributed by atoms with E-state index in [9.17, 15) is 4.79 Å². The molecule has 0 aromatic heterocycles. The molecule has 1 aromatic carbocycles. The minimum atomic E-state index is -0.549. The Morgan fingerprint density at radius 3 is 2.60 bits per heavy atom. The van der Waals surface area contributed by atoms with Crippen LogP contribution in [0, 0.1) is 0 Å². The molecule has 0 spiro atoms. The predicted molar refractivity (Wildman–Crippen MR) is 81.0 cm³/mol. The maximum Gasteiger partial charge on any atom is 0.263 e. The molecular formula is C15H21ClN2O2. The molecule has 2 rings (SSSR count). The van der Waals surface area contributed by atoms with Crippen molar-refractivity contribution in [3.05, 3.63) is 23.2 Å². The van der Waals surface area contributed by atoms with E-state index >= 15 is 0 Å². The molecule has 0 saturated carbocycles. The first kappa shape index (κ1) is 15.0. The SMILES string of the molecule is CC(Oc1cc(N)ccc1Cl)C(=O)N1CCCCCC1. The van der Waals surface area contributed by atoms with E-state index in [-0.39, 0.29) is 5.91 Å². The van der Waals surface area contributed by atoms with Gasteiger partial charge >= 0.3 is 0 Å². The van der Waals surface area contributed by atoms with E-state index < -0.39 is 6.10 Å². The smallest absolute Gasteiger partial charge is 0.263 e. The summed E-state index contributed by atoms with van der Waals surface area (Å²) in [5.41, 5.74) is 6.28. The largest absolute Gasteiger partial charge is 0.479 e. The van der Waals surface area contributed by atoms with Gasteiger partial charge in [-0.2, -0.15) is 0 Å². The van der Waals surface area contributed by atoms with E-state index in [2.05, 4.69) is 0 Å². The number of carbonyl (C=O) groups excluding carboxylic acids is 1. The van der Waals surface area contributed by atoms with Gasteiger partial charge in [0.25, 0.3) is 5.91 Å². The molecule has 110 valence electrons. The third-order valence-corrected chi connectivity index (χ3v) is 3.84. The monoisotopic (exact) mass is 296 g/mol. The van der Waals surface area contributed by atoms with Gasteiger partial charge in [-0.1, -0.05) is 24.4 Å². The summed E-state index contributed by atoms with van der Waals surface area (Å²) in [4.78, 5) is 14.3. The molecule has 1 unspecified atom stereocenters. The van der Waals surface area contributed by atoms with Crippen LogP contribution in [0.25, 0.3) is 0 Å². The van der Waals surface area contributed by atoms with Crippen LogP contribution in [0.15, 0.2) is 18.2 Å². The number of nitrogen functional groups attached to an aromatic ring is 1. The van der Waals surface area contributed by atoms with Crippen molar-refractivity contribution in [2.24, 2.45) is 0 Å². The zero-order valence-electron chi connectivity index (χ0n) is 11.8. The third-order valence-electron chi connectivity index (χ3n) is 3.52. The molecule has 0 radical (unpaired) electrons. The number of rotatable bonds is 3. The summed E-state index contributed by atoms with van der Waals surface area (Å²) in [6.07, 6.45) is 3.97. The normalized spacial score (nSPS) is 17.4. The van der Waals surface area contributed by atoms with Crippen LogP contribution in [0.4, 0.5) is 5.69 Å². The van der Waals surface area contributed by atoms with Gasteiger partial charge in [0.15, 0.2) is 6.10 Å². The molecule has 0 bridgehead atoms. The van der Waals surface area contributed by atoms with Gasteiger partial charge in [-0.15, -0.1) is 0 Å². The fourth-order valence-electron chi connectivity index (χ4n) is 2.40. The quantitative estimate of drug-likeness (QED) is 0.872. The van der Waals surface area contributed by atoms with Crippen LogP contribution in [0.5, 0.6) is 5.75 Å². The maximum atomic E-state index is 12.4. The number of likely N-dealkylation sites (tertiary alicyclic amines) is 1. The van der Waals surface area contributed by atoms with Gasteiger partial charge in [0, 0.05) is 24.8 Å². The number of hydrogen-bond donors (Lipinski definition) is 1. The lowest BCUT2D eigenvalue weighted by atomic mass is 10.2. The Morgan fingerprint density at radius 2 is 1.95 bits per heavy atom. The summed E-state index contributed by atoms with van der Waals surface area (Å²) in [5.74, 6) is 0.479. The molecule has 1 aliphatic rings. The van der Waals surface area contributed by atoms with Crippen molar-refractivity contribution in [2.75, 3.05) is 18.8 Å². The van der Waals surface area contributed by atoms with Crippen LogP contribution in [0.1, 0.15) is 32.6 Å². The van der Waals surface area contributed by atoms with Crippen molar-refractivity contribution < 1.29 is 9.53 Å². The van der Waals surface area contributed by atoms with Gasteiger partial charge in [0.1, 0.15) is 5.75 Å². The second-order valence-corrected chi connectivity index (χ2v) is 5.60. The number of benzene rings is 1. The molecule has 1 heterocycles. The highest BCUT2D eigenvalue weighted by molar-refractivity contribution is 6.32. The molecule has 1 saturated heterocycles. The standard InChI is InChI=1S/C15H21ClN2O2/c1-11(15(19)18-8-4-2-3-5-9-18)20-14-10-12(17)6-7-13(14)16/h6-7,10-11H,2-5,8-9,17H2,1H3. The minimum Gasteiger partial charge on any atom is -0.479 e. The molecule has 1 aromatic rings. The third kappa shape index (κ3) is 3.79. The highest BCUT2D eigenvalue weighted by atomic mass is 35.5. The summed E-state index contributed by atoms with van der Waals surface area (Å²) in [6.45, 7) is 3.39. The highest BCUT2D eigenvalue weighted by Crippen LogP contribution is 2.27. The summed E-state index contributed by atoms with van der Waals surface area (Å²) >= 11 is 6.05. The summed E-state index contributed by atoms with van der Waals surface area (Å²) in [7, 11) is 0. The number of anilines is 1. The molecule has 1 aliphatic heterocycles. The van der Waals surface area contributed by atoms with Gasteiger partial charge in [-0.3, -0.25) is 4.79 Å². The lowest BCUT2D eigenvalue weighted by Gasteiger charge is -2.24. The number of ether oxygens (including phenoxy) is 1. The van der Waals surface area contributed by atoms with Crippen LogP contribution in [0.2, 0.25) is 5.02 Å². The van der Waals surface area contributed by atoms with E-state index in [4.69, 9.17) is 22.1 Å². The van der Waals surface area contributed by atoms with Crippen LogP contribution >= 0.6 is 11.6 Å². The summed E-state index contributed by atoms with van der Waals surface area (Å²) < 4.78 is 5.68. The molecular weight excluding hydrogens is 276 g/mol. The van der Waals surface area contributed by atoms with Crippen LogP contribution in [-0.4, -0.2) is 30.0 Å². The maximum absolute atomic E-state index is 12.4. The Kier molecular flexibility index (Phi) is 5.12. The number of hydrogen-bond acceptors (Lipinski definition) is 3. The van der Waals surface area contributed by atoms with Crippen molar-refractivity contribution in [2.45, 2.75) is 38.7 Å². The average molecular weight is 297 g/mol. The first-order valence-electron chi connectivity index (χ1n) is 7.08. The van der Waals surface area contributed by atoms with E-state index in [1.807, 2.05) is 4.90 Å².